The lowest BCUT2D eigenvalue weighted by Gasteiger charge is -2.36. The number of benzene rings is 2. The lowest BCUT2D eigenvalue weighted by Crippen LogP contribution is -2.49. The molecule has 0 saturated carbocycles. The van der Waals surface area contributed by atoms with Gasteiger partial charge < -0.3 is 14.5 Å². The first kappa shape index (κ1) is 27.1. The first-order valence-corrected chi connectivity index (χ1v) is 12.2. The molecular formula is C22H19F6N3O4S. The van der Waals surface area contributed by atoms with Gasteiger partial charge in [0.05, 0.1) is 27.8 Å². The van der Waals surface area contributed by atoms with Gasteiger partial charge in [0, 0.05) is 32.4 Å². The zero-order valence-corrected chi connectivity index (χ0v) is 19.5. The Balaban J connectivity index is 1.83. The van der Waals surface area contributed by atoms with E-state index in [9.17, 15) is 39.6 Å². The number of carbonyl (C=O) groups excluding carboxylic acids is 1. The number of ether oxygens (including phenoxy) is 1. The number of halogens is 6. The molecule has 1 saturated heterocycles. The molecule has 0 aliphatic carbocycles. The largest absolute Gasteiger partial charge is 0.486 e. The summed E-state index contributed by atoms with van der Waals surface area (Å²) in [5, 5.41) is 8.86. The molecule has 2 aromatic rings. The van der Waals surface area contributed by atoms with Crippen LogP contribution in [0.1, 0.15) is 15.9 Å². The van der Waals surface area contributed by atoms with Crippen LogP contribution in [0.25, 0.3) is 0 Å². The Morgan fingerprint density at radius 3 is 2.22 bits per heavy atom. The van der Waals surface area contributed by atoms with Crippen molar-refractivity contribution < 1.29 is 44.3 Å². The SMILES string of the molecule is CS(=O)(=O)c1ccc(OCC(F)(F)C(F)(F)F)c(C(=O)N2CCN(c3ccc(C#N)cc3F)CC2)c1. The number of alkyl halides is 5. The molecule has 1 aliphatic heterocycles. The van der Waals surface area contributed by atoms with E-state index < -0.39 is 51.6 Å². The number of anilines is 1. The first-order chi connectivity index (χ1) is 16.6. The zero-order valence-electron chi connectivity index (χ0n) is 18.7. The Morgan fingerprint density at radius 2 is 1.69 bits per heavy atom. The summed E-state index contributed by atoms with van der Waals surface area (Å²) in [5.74, 6) is -7.35. The fourth-order valence-electron chi connectivity index (χ4n) is 3.44. The normalized spacial score (nSPS) is 14.9. The van der Waals surface area contributed by atoms with Crippen LogP contribution >= 0.6 is 0 Å². The summed E-state index contributed by atoms with van der Waals surface area (Å²) in [6.45, 7) is -1.86. The van der Waals surface area contributed by atoms with Gasteiger partial charge in [0.15, 0.2) is 16.4 Å². The Bertz CT molecular complexity index is 1300. The number of carbonyl (C=O) groups is 1. The van der Waals surface area contributed by atoms with Crippen molar-refractivity contribution in [2.75, 3.05) is 43.9 Å². The molecule has 1 heterocycles. The van der Waals surface area contributed by atoms with Crippen LogP contribution in [-0.2, 0) is 9.84 Å². The van der Waals surface area contributed by atoms with E-state index in [1.54, 1.807) is 4.90 Å². The zero-order chi connectivity index (χ0) is 26.9. The summed E-state index contributed by atoms with van der Waals surface area (Å²) < 4.78 is 107. The summed E-state index contributed by atoms with van der Waals surface area (Å²) in [6, 6.07) is 8.33. The highest BCUT2D eigenvalue weighted by atomic mass is 32.2. The topological polar surface area (TPSA) is 90.7 Å². The van der Waals surface area contributed by atoms with Crippen molar-refractivity contribution in [3.05, 3.63) is 53.3 Å². The number of hydrogen-bond donors (Lipinski definition) is 0. The fraction of sp³-hybridized carbons (Fsp3) is 0.364. The van der Waals surface area contributed by atoms with Gasteiger partial charge >= 0.3 is 12.1 Å². The summed E-state index contributed by atoms with van der Waals surface area (Å²) in [4.78, 5) is 15.6. The molecule has 7 nitrogen and oxygen atoms in total. The molecule has 194 valence electrons. The minimum atomic E-state index is -5.89. The van der Waals surface area contributed by atoms with Gasteiger partial charge in [0.25, 0.3) is 5.91 Å². The van der Waals surface area contributed by atoms with Crippen LogP contribution in [0, 0.1) is 17.1 Å². The van der Waals surface area contributed by atoms with E-state index in [-0.39, 0.29) is 42.3 Å². The van der Waals surface area contributed by atoms with Crippen molar-refractivity contribution in [2.45, 2.75) is 17.0 Å². The first-order valence-electron chi connectivity index (χ1n) is 10.3. The smallest absolute Gasteiger partial charge is 0.456 e. The van der Waals surface area contributed by atoms with Crippen molar-refractivity contribution >= 4 is 21.4 Å². The van der Waals surface area contributed by atoms with E-state index in [0.717, 1.165) is 30.5 Å². The van der Waals surface area contributed by atoms with Gasteiger partial charge in [-0.3, -0.25) is 4.79 Å². The van der Waals surface area contributed by atoms with E-state index in [0.29, 0.717) is 0 Å². The molecule has 0 atom stereocenters. The second-order valence-corrected chi connectivity index (χ2v) is 9.99. The molecule has 0 unspecified atom stereocenters. The van der Waals surface area contributed by atoms with E-state index in [2.05, 4.69) is 4.74 Å². The number of nitriles is 1. The third-order valence-corrected chi connectivity index (χ3v) is 6.53. The molecule has 0 N–H and O–H groups in total. The summed E-state index contributed by atoms with van der Waals surface area (Å²) in [6.07, 6.45) is -5.05. The molecule has 0 spiro atoms. The van der Waals surface area contributed by atoms with Gasteiger partial charge in [-0.15, -0.1) is 0 Å². The lowest BCUT2D eigenvalue weighted by atomic mass is 10.1. The highest BCUT2D eigenvalue weighted by molar-refractivity contribution is 7.90. The van der Waals surface area contributed by atoms with Gasteiger partial charge in [-0.25, -0.2) is 12.8 Å². The molecule has 3 rings (SSSR count). The van der Waals surface area contributed by atoms with Crippen LogP contribution in [0.2, 0.25) is 0 Å². The third-order valence-electron chi connectivity index (χ3n) is 5.42. The number of sulfone groups is 1. The van der Waals surface area contributed by atoms with E-state index >= 15 is 0 Å². The number of rotatable bonds is 6. The van der Waals surface area contributed by atoms with E-state index in [4.69, 9.17) is 5.26 Å². The summed E-state index contributed by atoms with van der Waals surface area (Å²) >= 11 is 0. The average molecular weight is 535 g/mol. The number of amides is 1. The van der Waals surface area contributed by atoms with Gasteiger partial charge in [0.2, 0.25) is 0 Å². The maximum atomic E-state index is 14.3. The van der Waals surface area contributed by atoms with Crippen LogP contribution in [0.4, 0.5) is 32.0 Å². The fourth-order valence-corrected chi connectivity index (χ4v) is 4.08. The Kier molecular flexibility index (Phi) is 7.45. The van der Waals surface area contributed by atoms with Gasteiger partial charge in [-0.05, 0) is 36.4 Å². The standard InChI is InChI=1S/C22H19F6N3O4S/c1-36(33,34)15-3-5-19(35-13-21(24,25)22(26,27)28)16(11-15)20(32)31-8-6-30(7-9-31)18-4-2-14(12-29)10-17(18)23/h2-5,10-11H,6-9,13H2,1H3. The van der Waals surface area contributed by atoms with E-state index in [1.807, 2.05) is 6.07 Å². The number of hydrogen-bond acceptors (Lipinski definition) is 6. The predicted molar refractivity (Wildman–Crippen MR) is 115 cm³/mol. The van der Waals surface area contributed by atoms with Crippen molar-refractivity contribution in [3.63, 3.8) is 0 Å². The molecule has 36 heavy (non-hydrogen) atoms. The Hall–Kier alpha value is -3.47. The summed E-state index contributed by atoms with van der Waals surface area (Å²) in [5.41, 5.74) is -0.188. The Labute approximate surface area is 202 Å². The van der Waals surface area contributed by atoms with Gasteiger partial charge in [0.1, 0.15) is 11.6 Å². The predicted octanol–water partition coefficient (Wildman–Crippen LogP) is 3.64. The molecule has 1 fully saturated rings. The van der Waals surface area contributed by atoms with Crippen LogP contribution < -0.4 is 9.64 Å². The second kappa shape index (κ2) is 9.88. The maximum absolute atomic E-state index is 14.3. The lowest BCUT2D eigenvalue weighted by molar-refractivity contribution is -0.290. The molecule has 1 amide bonds. The van der Waals surface area contributed by atoms with Crippen molar-refractivity contribution in [1.82, 2.24) is 4.90 Å². The summed E-state index contributed by atoms with van der Waals surface area (Å²) in [7, 11) is -3.86. The molecular weight excluding hydrogens is 516 g/mol. The van der Waals surface area contributed by atoms with Crippen LogP contribution in [-0.4, -0.2) is 70.4 Å². The monoisotopic (exact) mass is 535 g/mol. The molecule has 0 bridgehead atoms. The minimum Gasteiger partial charge on any atom is -0.486 e. The van der Waals surface area contributed by atoms with E-state index in [1.165, 1.54) is 17.0 Å². The van der Waals surface area contributed by atoms with Gasteiger partial charge in [-0.2, -0.15) is 27.2 Å². The maximum Gasteiger partial charge on any atom is 0.456 e. The second-order valence-electron chi connectivity index (χ2n) is 7.98. The Morgan fingerprint density at radius 1 is 1.06 bits per heavy atom. The minimum absolute atomic E-state index is 0.000468. The molecule has 14 heteroatoms. The van der Waals surface area contributed by atoms with Crippen molar-refractivity contribution in [1.29, 1.82) is 5.26 Å². The highest BCUT2D eigenvalue weighted by Gasteiger charge is 2.58. The van der Waals surface area contributed by atoms with Crippen LogP contribution in [0.3, 0.4) is 0 Å². The van der Waals surface area contributed by atoms with Crippen LogP contribution in [0.15, 0.2) is 41.3 Å². The molecule has 0 aromatic heterocycles. The third kappa shape index (κ3) is 5.84. The average Bonchev–Trinajstić information content (AvgIpc) is 2.81. The van der Waals surface area contributed by atoms with Crippen molar-refractivity contribution in [3.8, 4) is 11.8 Å². The van der Waals surface area contributed by atoms with Crippen LogP contribution in [0.5, 0.6) is 5.75 Å². The molecule has 2 aromatic carbocycles. The highest BCUT2D eigenvalue weighted by Crippen LogP contribution is 2.36. The van der Waals surface area contributed by atoms with Gasteiger partial charge in [-0.1, -0.05) is 0 Å². The van der Waals surface area contributed by atoms with Crippen molar-refractivity contribution in [2.24, 2.45) is 0 Å². The number of nitrogens with zero attached hydrogens (tertiary/aromatic N) is 3. The molecule has 1 aliphatic rings. The number of piperazine rings is 1. The molecule has 0 radical (unpaired) electrons. The quantitative estimate of drug-likeness (QED) is 0.525.